The summed E-state index contributed by atoms with van der Waals surface area (Å²) in [5, 5.41) is 0.188. The Bertz CT molecular complexity index is 1110. The second-order valence-corrected chi connectivity index (χ2v) is 7.88. The Kier molecular flexibility index (Phi) is 6.97. The number of halogens is 1. The predicted molar refractivity (Wildman–Crippen MR) is 119 cm³/mol. The molecule has 0 unspecified atom stereocenters. The topological polar surface area (TPSA) is 101 Å². The first-order valence-corrected chi connectivity index (χ1v) is 10.7. The van der Waals surface area contributed by atoms with Crippen LogP contribution in [0, 0.1) is 13.8 Å². The average Bonchev–Trinajstić information content (AvgIpc) is 2.96. The van der Waals surface area contributed by atoms with Gasteiger partial charge >= 0.3 is 5.69 Å². The second-order valence-electron chi connectivity index (χ2n) is 7.53. The fourth-order valence-electron chi connectivity index (χ4n) is 3.79. The van der Waals surface area contributed by atoms with E-state index >= 15 is 0 Å². The third kappa shape index (κ3) is 4.28. The summed E-state index contributed by atoms with van der Waals surface area (Å²) in [7, 11) is 1.63. The van der Waals surface area contributed by atoms with Crippen LogP contribution in [-0.2, 0) is 13.1 Å². The molecule has 162 valence electrons. The zero-order valence-electron chi connectivity index (χ0n) is 18.0. The highest BCUT2D eigenvalue weighted by Crippen LogP contribution is 2.26. The van der Waals surface area contributed by atoms with Crippen molar-refractivity contribution in [2.75, 3.05) is 12.8 Å². The van der Waals surface area contributed by atoms with Gasteiger partial charge in [0, 0.05) is 23.9 Å². The summed E-state index contributed by atoms with van der Waals surface area (Å²) >= 11 is 6.38. The standard InChI is InChI=1S/C21H29ClN6O2/c1-5-6-7-8-9-10-27-16-18(22)25-20(23)26-19(16)28(21(27)29)12-15-14(3)17(30-4)13(2)11-24-15/h11H,5-10,12H2,1-4H3,(H2,23,25,26). The number of rotatable bonds is 9. The fraction of sp³-hybridized carbons (Fsp3) is 0.524. The Morgan fingerprint density at radius 3 is 2.57 bits per heavy atom. The van der Waals surface area contributed by atoms with Gasteiger partial charge in [0.1, 0.15) is 11.3 Å². The molecule has 0 saturated carbocycles. The molecule has 0 fully saturated rings. The van der Waals surface area contributed by atoms with Crippen LogP contribution in [0.4, 0.5) is 5.95 Å². The minimum Gasteiger partial charge on any atom is -0.496 e. The summed E-state index contributed by atoms with van der Waals surface area (Å²) in [6.07, 6.45) is 7.19. The first-order chi connectivity index (χ1) is 14.4. The SMILES string of the molecule is CCCCCCCn1c(=O)n(Cc2ncc(C)c(OC)c2C)c2nc(N)nc(Cl)c21. The van der Waals surface area contributed by atoms with Crippen molar-refractivity contribution in [3.8, 4) is 5.75 Å². The number of imidazole rings is 1. The van der Waals surface area contributed by atoms with Gasteiger partial charge in [0.2, 0.25) is 5.95 Å². The molecule has 0 aliphatic rings. The molecule has 3 aromatic heterocycles. The van der Waals surface area contributed by atoms with Crippen LogP contribution in [0.25, 0.3) is 11.2 Å². The number of hydrogen-bond acceptors (Lipinski definition) is 6. The molecule has 0 aliphatic carbocycles. The van der Waals surface area contributed by atoms with Gasteiger partial charge in [-0.3, -0.25) is 14.1 Å². The van der Waals surface area contributed by atoms with Gasteiger partial charge in [-0.15, -0.1) is 0 Å². The molecule has 0 aliphatic heterocycles. The van der Waals surface area contributed by atoms with Crippen molar-refractivity contribution in [1.82, 2.24) is 24.1 Å². The summed E-state index contributed by atoms with van der Waals surface area (Å²) in [4.78, 5) is 26.2. The average molecular weight is 433 g/mol. The molecule has 9 heteroatoms. The molecule has 3 heterocycles. The van der Waals surface area contributed by atoms with Crippen molar-refractivity contribution >= 4 is 28.7 Å². The maximum atomic E-state index is 13.3. The van der Waals surface area contributed by atoms with Crippen LogP contribution in [-0.4, -0.2) is 31.2 Å². The van der Waals surface area contributed by atoms with Gasteiger partial charge in [-0.1, -0.05) is 44.2 Å². The van der Waals surface area contributed by atoms with E-state index in [1.54, 1.807) is 22.4 Å². The molecule has 0 saturated heterocycles. The van der Waals surface area contributed by atoms with Gasteiger partial charge in [0.25, 0.3) is 0 Å². The van der Waals surface area contributed by atoms with Gasteiger partial charge in [0.15, 0.2) is 10.8 Å². The number of unbranched alkanes of at least 4 members (excludes halogenated alkanes) is 4. The highest BCUT2D eigenvalue weighted by atomic mass is 35.5. The predicted octanol–water partition coefficient (Wildman–Crippen LogP) is 3.87. The molecule has 0 radical (unpaired) electrons. The Balaban J connectivity index is 2.05. The second kappa shape index (κ2) is 9.47. The summed E-state index contributed by atoms with van der Waals surface area (Å²) in [6.45, 7) is 6.85. The molecule has 0 spiro atoms. The molecule has 0 aromatic carbocycles. The maximum Gasteiger partial charge on any atom is 0.330 e. The Labute approximate surface area is 181 Å². The van der Waals surface area contributed by atoms with Crippen LogP contribution < -0.4 is 16.2 Å². The first kappa shape index (κ1) is 22.1. The van der Waals surface area contributed by atoms with Crippen molar-refractivity contribution in [1.29, 1.82) is 0 Å². The van der Waals surface area contributed by atoms with Gasteiger partial charge in [-0.25, -0.2) is 4.79 Å². The van der Waals surface area contributed by atoms with Crippen molar-refractivity contribution in [3.63, 3.8) is 0 Å². The number of hydrogen-bond donors (Lipinski definition) is 1. The maximum absolute atomic E-state index is 13.3. The van der Waals surface area contributed by atoms with E-state index in [0.717, 1.165) is 41.8 Å². The normalized spacial score (nSPS) is 11.4. The lowest BCUT2D eigenvalue weighted by Gasteiger charge is -2.12. The van der Waals surface area contributed by atoms with E-state index in [4.69, 9.17) is 22.1 Å². The number of pyridine rings is 1. The number of aryl methyl sites for hydroxylation is 2. The van der Waals surface area contributed by atoms with Crippen molar-refractivity contribution in [2.45, 2.75) is 66.0 Å². The van der Waals surface area contributed by atoms with E-state index in [9.17, 15) is 4.79 Å². The van der Waals surface area contributed by atoms with Crippen molar-refractivity contribution in [2.24, 2.45) is 0 Å². The van der Waals surface area contributed by atoms with Crippen molar-refractivity contribution in [3.05, 3.63) is 38.7 Å². The zero-order chi connectivity index (χ0) is 21.8. The third-order valence-electron chi connectivity index (χ3n) is 5.37. The number of anilines is 1. The van der Waals surface area contributed by atoms with Gasteiger partial charge in [-0.05, 0) is 20.3 Å². The van der Waals surface area contributed by atoms with E-state index in [1.165, 1.54) is 12.8 Å². The monoisotopic (exact) mass is 432 g/mol. The molecule has 3 aromatic rings. The summed E-state index contributed by atoms with van der Waals surface area (Å²) in [5.74, 6) is 0.799. The van der Waals surface area contributed by atoms with E-state index in [2.05, 4.69) is 21.9 Å². The number of nitrogen functional groups attached to an aromatic ring is 1. The fourth-order valence-corrected chi connectivity index (χ4v) is 4.06. The zero-order valence-corrected chi connectivity index (χ0v) is 18.8. The molecule has 3 rings (SSSR count). The van der Waals surface area contributed by atoms with Gasteiger partial charge in [-0.2, -0.15) is 9.97 Å². The lowest BCUT2D eigenvalue weighted by Crippen LogP contribution is -2.25. The van der Waals surface area contributed by atoms with Crippen LogP contribution in [0.2, 0.25) is 5.15 Å². The van der Waals surface area contributed by atoms with E-state index in [0.29, 0.717) is 17.7 Å². The minimum atomic E-state index is -0.192. The molecule has 30 heavy (non-hydrogen) atoms. The third-order valence-corrected chi connectivity index (χ3v) is 5.63. The number of ether oxygens (including phenoxy) is 1. The van der Waals surface area contributed by atoms with E-state index in [1.807, 2.05) is 13.8 Å². The quantitative estimate of drug-likeness (QED) is 0.407. The molecular weight excluding hydrogens is 404 g/mol. The van der Waals surface area contributed by atoms with Crippen molar-refractivity contribution < 1.29 is 4.74 Å². The Morgan fingerprint density at radius 1 is 1.13 bits per heavy atom. The molecule has 0 bridgehead atoms. The van der Waals surface area contributed by atoms with E-state index < -0.39 is 0 Å². The molecule has 0 amide bonds. The molecule has 0 atom stereocenters. The Morgan fingerprint density at radius 2 is 1.87 bits per heavy atom. The Hall–Kier alpha value is -2.61. The van der Waals surface area contributed by atoms with Gasteiger partial charge < -0.3 is 10.5 Å². The van der Waals surface area contributed by atoms with Gasteiger partial charge in [0.05, 0.1) is 19.3 Å². The summed E-state index contributed by atoms with van der Waals surface area (Å²) < 4.78 is 8.72. The highest BCUT2D eigenvalue weighted by molar-refractivity contribution is 6.33. The molecule has 8 nitrogen and oxygen atoms in total. The van der Waals surface area contributed by atoms with E-state index in [-0.39, 0.29) is 23.3 Å². The first-order valence-electron chi connectivity index (χ1n) is 10.3. The highest BCUT2D eigenvalue weighted by Gasteiger charge is 2.21. The molecular formula is C21H29ClN6O2. The summed E-state index contributed by atoms with van der Waals surface area (Å²) in [6, 6.07) is 0. The largest absolute Gasteiger partial charge is 0.496 e. The minimum absolute atomic E-state index is 0.0347. The van der Waals surface area contributed by atoms with Crippen LogP contribution in [0.15, 0.2) is 11.0 Å². The van der Waals surface area contributed by atoms with Crippen LogP contribution in [0.3, 0.4) is 0 Å². The van der Waals surface area contributed by atoms with Crippen LogP contribution in [0.5, 0.6) is 5.75 Å². The number of nitrogens with zero attached hydrogens (tertiary/aromatic N) is 5. The number of fused-ring (bicyclic) bond motifs is 1. The lowest BCUT2D eigenvalue weighted by molar-refractivity contribution is 0.406. The molecule has 2 N–H and O–H groups in total. The number of nitrogens with two attached hydrogens (primary N) is 1. The number of aromatic nitrogens is 5. The number of methoxy groups -OCH3 is 1. The lowest BCUT2D eigenvalue weighted by atomic mass is 10.1. The van der Waals surface area contributed by atoms with Crippen LogP contribution in [0.1, 0.15) is 55.8 Å². The summed E-state index contributed by atoms with van der Waals surface area (Å²) in [5.41, 5.74) is 9.14. The van der Waals surface area contributed by atoms with Crippen LogP contribution >= 0.6 is 11.6 Å². The smallest absolute Gasteiger partial charge is 0.330 e.